The Morgan fingerprint density at radius 1 is 1.37 bits per heavy atom. The molecule has 1 heterocycles. The third-order valence-corrected chi connectivity index (χ3v) is 3.26. The lowest BCUT2D eigenvalue weighted by Gasteiger charge is -2.23. The van der Waals surface area contributed by atoms with Crippen molar-refractivity contribution in [3.8, 4) is 11.5 Å². The Balaban J connectivity index is 1.92. The van der Waals surface area contributed by atoms with E-state index in [1.165, 1.54) is 4.90 Å². The molecule has 0 atom stereocenters. The summed E-state index contributed by atoms with van der Waals surface area (Å²) in [5.41, 5.74) is 0.524. The fourth-order valence-electron chi connectivity index (χ4n) is 2.15. The first-order chi connectivity index (χ1) is 9.35. The van der Waals surface area contributed by atoms with Crippen molar-refractivity contribution in [2.75, 3.05) is 46.6 Å². The molecule has 0 aliphatic carbocycles. The van der Waals surface area contributed by atoms with Gasteiger partial charge in [0.05, 0.1) is 25.9 Å². The maximum absolute atomic E-state index is 11.0. The van der Waals surface area contributed by atoms with Crippen molar-refractivity contribution in [1.29, 1.82) is 0 Å². The smallest absolute Gasteiger partial charge is 0.171 e. The zero-order valence-electron chi connectivity index (χ0n) is 11.2. The maximum atomic E-state index is 11.0. The topological polar surface area (TPSA) is 49.2 Å². The second kappa shape index (κ2) is 7.11. The zero-order chi connectivity index (χ0) is 13.5. The van der Waals surface area contributed by atoms with Gasteiger partial charge in [0.25, 0.3) is 0 Å². The standard InChI is InChI=1S/C14H19NO4/c1-17-13-4-2-3-12(11-16)14(13)19-10-7-15-5-8-18-9-6-15/h2-4,11H,5-10H2,1H3/p+1. The van der Waals surface area contributed by atoms with Crippen molar-refractivity contribution in [2.24, 2.45) is 0 Å². The maximum Gasteiger partial charge on any atom is 0.171 e. The molecule has 2 rings (SSSR count). The number of nitrogens with one attached hydrogen (secondary N) is 1. The van der Waals surface area contributed by atoms with Gasteiger partial charge in [0.15, 0.2) is 17.8 Å². The lowest BCUT2D eigenvalue weighted by molar-refractivity contribution is -0.908. The van der Waals surface area contributed by atoms with Gasteiger partial charge in [-0.25, -0.2) is 0 Å². The molecule has 5 nitrogen and oxygen atoms in total. The van der Waals surface area contributed by atoms with E-state index in [4.69, 9.17) is 14.2 Å². The van der Waals surface area contributed by atoms with Crippen LogP contribution in [0.5, 0.6) is 11.5 Å². The summed E-state index contributed by atoms with van der Waals surface area (Å²) in [6, 6.07) is 5.30. The van der Waals surface area contributed by atoms with E-state index in [0.717, 1.165) is 39.1 Å². The summed E-state index contributed by atoms with van der Waals surface area (Å²) in [6.07, 6.45) is 0.791. The minimum Gasteiger partial charge on any atom is -0.493 e. The predicted octanol–water partition coefficient (Wildman–Crippen LogP) is -0.198. The van der Waals surface area contributed by atoms with E-state index < -0.39 is 0 Å². The van der Waals surface area contributed by atoms with Crippen molar-refractivity contribution < 1.29 is 23.9 Å². The van der Waals surface area contributed by atoms with E-state index in [0.29, 0.717) is 23.7 Å². The first kappa shape index (κ1) is 13.8. The van der Waals surface area contributed by atoms with Crippen molar-refractivity contribution in [3.05, 3.63) is 23.8 Å². The van der Waals surface area contributed by atoms with Crippen molar-refractivity contribution >= 4 is 6.29 Å². The molecule has 0 saturated carbocycles. The summed E-state index contributed by atoms with van der Waals surface area (Å²) < 4.78 is 16.3. The predicted molar refractivity (Wildman–Crippen MR) is 70.3 cm³/mol. The molecule has 0 spiro atoms. The van der Waals surface area contributed by atoms with Crippen LogP contribution in [0.25, 0.3) is 0 Å². The summed E-state index contributed by atoms with van der Waals surface area (Å²) in [4.78, 5) is 12.5. The SMILES string of the molecule is COc1cccc(C=O)c1OCC[NH+]1CCOCC1. The number of carbonyl (C=O) groups is 1. The molecule has 0 amide bonds. The highest BCUT2D eigenvalue weighted by Gasteiger charge is 2.15. The molecule has 0 bridgehead atoms. The molecule has 0 radical (unpaired) electrons. The molecule has 0 aromatic heterocycles. The molecule has 104 valence electrons. The molecule has 1 aliphatic heterocycles. The van der Waals surface area contributed by atoms with Crippen LogP contribution in [0.2, 0.25) is 0 Å². The van der Waals surface area contributed by atoms with Crippen molar-refractivity contribution in [3.63, 3.8) is 0 Å². The molecule has 1 aromatic carbocycles. The minimum atomic E-state index is 0.524. The lowest BCUT2D eigenvalue weighted by atomic mass is 10.2. The third-order valence-electron chi connectivity index (χ3n) is 3.26. The zero-order valence-corrected chi connectivity index (χ0v) is 11.2. The minimum absolute atomic E-state index is 0.524. The average molecular weight is 266 g/mol. The van der Waals surface area contributed by atoms with Gasteiger partial charge < -0.3 is 19.1 Å². The molecule has 1 fully saturated rings. The summed E-state index contributed by atoms with van der Waals surface area (Å²) in [7, 11) is 1.57. The Morgan fingerprint density at radius 3 is 2.84 bits per heavy atom. The Bertz CT molecular complexity index is 416. The number of para-hydroxylation sites is 1. The summed E-state index contributed by atoms with van der Waals surface area (Å²) >= 11 is 0. The van der Waals surface area contributed by atoms with Crippen LogP contribution in [-0.2, 0) is 4.74 Å². The quantitative estimate of drug-likeness (QED) is 0.725. The number of aldehydes is 1. The second-order valence-corrected chi connectivity index (χ2v) is 4.46. The van der Waals surface area contributed by atoms with Crippen LogP contribution in [0.15, 0.2) is 18.2 Å². The van der Waals surface area contributed by atoms with Crippen LogP contribution in [0.3, 0.4) is 0 Å². The number of methoxy groups -OCH3 is 1. The number of morpholine rings is 1. The third kappa shape index (κ3) is 3.68. The van der Waals surface area contributed by atoms with E-state index in [2.05, 4.69) is 0 Å². The van der Waals surface area contributed by atoms with Crippen LogP contribution in [0.1, 0.15) is 10.4 Å². The van der Waals surface area contributed by atoms with E-state index in [-0.39, 0.29) is 0 Å². The fourth-order valence-corrected chi connectivity index (χ4v) is 2.15. The largest absolute Gasteiger partial charge is 0.493 e. The molecule has 1 saturated heterocycles. The van der Waals surface area contributed by atoms with Crippen LogP contribution < -0.4 is 14.4 Å². The van der Waals surface area contributed by atoms with Gasteiger partial charge in [-0.05, 0) is 12.1 Å². The van der Waals surface area contributed by atoms with E-state index in [1.54, 1.807) is 25.3 Å². The van der Waals surface area contributed by atoms with Crippen LogP contribution >= 0.6 is 0 Å². The van der Waals surface area contributed by atoms with Gasteiger partial charge in [0.2, 0.25) is 0 Å². The number of quaternary nitrogens is 1. The molecule has 0 unspecified atom stereocenters. The number of hydrogen-bond donors (Lipinski definition) is 1. The number of carbonyl (C=O) groups excluding carboxylic acids is 1. The van der Waals surface area contributed by atoms with Crippen molar-refractivity contribution in [2.45, 2.75) is 0 Å². The number of ether oxygens (including phenoxy) is 3. The Kier molecular flexibility index (Phi) is 5.18. The molecular formula is C14H20NO4+. The molecule has 1 aliphatic rings. The van der Waals surface area contributed by atoms with Gasteiger partial charge >= 0.3 is 0 Å². The number of benzene rings is 1. The van der Waals surface area contributed by atoms with Gasteiger partial charge in [0.1, 0.15) is 26.2 Å². The molecule has 1 N–H and O–H groups in total. The van der Waals surface area contributed by atoms with Crippen LogP contribution in [-0.4, -0.2) is 52.9 Å². The van der Waals surface area contributed by atoms with E-state index in [1.807, 2.05) is 0 Å². The van der Waals surface area contributed by atoms with E-state index >= 15 is 0 Å². The monoisotopic (exact) mass is 266 g/mol. The average Bonchev–Trinajstić information content (AvgIpc) is 2.48. The number of rotatable bonds is 6. The normalized spacial score (nSPS) is 16.1. The highest BCUT2D eigenvalue weighted by Crippen LogP contribution is 2.29. The molecular weight excluding hydrogens is 246 g/mol. The van der Waals surface area contributed by atoms with Gasteiger partial charge in [-0.15, -0.1) is 0 Å². The molecule has 1 aromatic rings. The first-order valence-corrected chi connectivity index (χ1v) is 6.51. The second-order valence-electron chi connectivity index (χ2n) is 4.46. The Hall–Kier alpha value is -1.59. The van der Waals surface area contributed by atoms with Gasteiger partial charge in [-0.1, -0.05) is 6.07 Å². The fraction of sp³-hybridized carbons (Fsp3) is 0.500. The van der Waals surface area contributed by atoms with Crippen molar-refractivity contribution in [1.82, 2.24) is 0 Å². The molecule has 5 heteroatoms. The lowest BCUT2D eigenvalue weighted by Crippen LogP contribution is -3.14. The Labute approximate surface area is 113 Å². The van der Waals surface area contributed by atoms with Crippen LogP contribution in [0.4, 0.5) is 0 Å². The highest BCUT2D eigenvalue weighted by atomic mass is 16.5. The van der Waals surface area contributed by atoms with Gasteiger partial charge in [-0.2, -0.15) is 0 Å². The van der Waals surface area contributed by atoms with Crippen LogP contribution in [0, 0.1) is 0 Å². The summed E-state index contributed by atoms with van der Waals surface area (Å²) in [5, 5.41) is 0. The summed E-state index contributed by atoms with van der Waals surface area (Å²) in [5.74, 6) is 1.13. The first-order valence-electron chi connectivity index (χ1n) is 6.51. The Morgan fingerprint density at radius 2 is 2.16 bits per heavy atom. The number of hydrogen-bond acceptors (Lipinski definition) is 4. The van der Waals surface area contributed by atoms with Gasteiger partial charge in [0, 0.05) is 0 Å². The highest BCUT2D eigenvalue weighted by molar-refractivity contribution is 5.81. The summed E-state index contributed by atoms with van der Waals surface area (Å²) in [6.45, 7) is 5.11. The molecule has 19 heavy (non-hydrogen) atoms. The van der Waals surface area contributed by atoms with Gasteiger partial charge in [-0.3, -0.25) is 4.79 Å². The van der Waals surface area contributed by atoms with E-state index in [9.17, 15) is 4.79 Å².